The average Bonchev–Trinajstić information content (AvgIpc) is 2.97. The number of fused-ring (bicyclic) bond motifs is 1. The van der Waals surface area contributed by atoms with E-state index < -0.39 is 0 Å². The summed E-state index contributed by atoms with van der Waals surface area (Å²) in [6.07, 6.45) is 4.21. The monoisotopic (exact) mass is 405 g/mol. The third kappa shape index (κ3) is 2.18. The zero-order valence-corrected chi connectivity index (χ0v) is 11.8. The van der Waals surface area contributed by atoms with Gasteiger partial charge >= 0.3 is 0 Å². The third-order valence-corrected chi connectivity index (χ3v) is 3.02. The number of rotatable bonds is 2. The second-order valence-corrected chi connectivity index (χ2v) is 4.06. The standard InChI is InChI=1S/C10H12N5O.Re/c16-5-7-1-2-15(4-7)10-8-3-13-14-9(8)11-6-12-10;/h3,6-7,16H,1-2,4-5H2;/q-1;. The molecule has 0 aliphatic carbocycles. The van der Waals surface area contributed by atoms with Crippen molar-refractivity contribution in [2.45, 2.75) is 6.42 Å². The molecule has 91 valence electrons. The van der Waals surface area contributed by atoms with Crippen LogP contribution in [0.1, 0.15) is 6.42 Å². The number of hydrogen-bond acceptors (Lipinski definition) is 5. The van der Waals surface area contributed by atoms with E-state index >= 15 is 0 Å². The molecule has 3 rings (SSSR count). The van der Waals surface area contributed by atoms with E-state index in [0.29, 0.717) is 11.6 Å². The van der Waals surface area contributed by atoms with E-state index in [0.717, 1.165) is 30.7 Å². The number of aliphatic hydroxyl groups is 1. The molecule has 1 N–H and O–H groups in total. The van der Waals surface area contributed by atoms with Crippen molar-refractivity contribution in [3.05, 3.63) is 12.5 Å². The summed E-state index contributed by atoms with van der Waals surface area (Å²) < 4.78 is 0. The van der Waals surface area contributed by atoms with Crippen molar-refractivity contribution in [3.63, 3.8) is 0 Å². The Bertz CT molecular complexity index is 502. The molecule has 2 aromatic rings. The molecule has 3 heterocycles. The second-order valence-electron chi connectivity index (χ2n) is 4.06. The van der Waals surface area contributed by atoms with Crippen LogP contribution in [0.3, 0.4) is 0 Å². The molecular formula is C10H12N5ORe-. The van der Waals surface area contributed by atoms with Crippen LogP contribution >= 0.6 is 0 Å². The van der Waals surface area contributed by atoms with Gasteiger partial charge in [0.1, 0.15) is 5.82 Å². The Kier molecular flexibility index (Phi) is 3.72. The van der Waals surface area contributed by atoms with Crippen LogP contribution in [-0.4, -0.2) is 39.9 Å². The van der Waals surface area contributed by atoms with E-state index in [4.69, 9.17) is 5.11 Å². The molecular weight excluding hydrogens is 392 g/mol. The van der Waals surface area contributed by atoms with Gasteiger partial charge in [0, 0.05) is 63.9 Å². The van der Waals surface area contributed by atoms with E-state index in [-0.39, 0.29) is 27.0 Å². The van der Waals surface area contributed by atoms with Gasteiger partial charge in [-0.15, -0.1) is 0 Å². The molecule has 1 aliphatic heterocycles. The van der Waals surface area contributed by atoms with Gasteiger partial charge in [0.05, 0.1) is 0 Å². The minimum atomic E-state index is 0. The number of aromatic nitrogens is 4. The number of anilines is 1. The summed E-state index contributed by atoms with van der Waals surface area (Å²) >= 11 is 0. The molecule has 1 aliphatic rings. The number of aliphatic hydroxyl groups excluding tert-OH is 1. The Morgan fingerprint density at radius 3 is 3.12 bits per heavy atom. The van der Waals surface area contributed by atoms with Gasteiger partial charge in [0.25, 0.3) is 0 Å². The van der Waals surface area contributed by atoms with E-state index in [2.05, 4.69) is 25.1 Å². The summed E-state index contributed by atoms with van der Waals surface area (Å²) in [5, 5.41) is 17.8. The Hall–Kier alpha value is -1.03. The molecule has 17 heavy (non-hydrogen) atoms. The SMILES string of the molecule is OCC1CCN(c2ncnc3[n-]ncc23)C1.[Re]. The molecule has 1 unspecified atom stereocenters. The van der Waals surface area contributed by atoms with E-state index in [1.165, 1.54) is 6.33 Å². The summed E-state index contributed by atoms with van der Waals surface area (Å²) in [7, 11) is 0. The molecule has 2 aromatic heterocycles. The number of nitrogens with zero attached hydrogens (tertiary/aromatic N) is 5. The van der Waals surface area contributed by atoms with Gasteiger partial charge in [-0.2, -0.15) is 0 Å². The summed E-state index contributed by atoms with van der Waals surface area (Å²) in [6, 6.07) is 0. The smallest absolute Gasteiger partial charge is 0.136 e. The predicted octanol–water partition coefficient (Wildman–Crippen LogP) is -0.202. The molecule has 1 fully saturated rings. The second kappa shape index (κ2) is 5.09. The van der Waals surface area contributed by atoms with Gasteiger partial charge < -0.3 is 20.1 Å². The van der Waals surface area contributed by atoms with Crippen molar-refractivity contribution in [2.75, 3.05) is 24.6 Å². The molecule has 0 bridgehead atoms. The first kappa shape index (κ1) is 12.4. The fourth-order valence-corrected chi connectivity index (χ4v) is 2.14. The van der Waals surface area contributed by atoms with Crippen LogP contribution in [0.5, 0.6) is 0 Å². The Morgan fingerprint density at radius 2 is 2.35 bits per heavy atom. The van der Waals surface area contributed by atoms with Crippen LogP contribution in [0.4, 0.5) is 5.82 Å². The molecule has 0 aromatic carbocycles. The van der Waals surface area contributed by atoms with Crippen molar-refractivity contribution >= 4 is 16.9 Å². The minimum Gasteiger partial charge on any atom is -0.425 e. The largest absolute Gasteiger partial charge is 0.425 e. The normalized spacial score (nSPS) is 19.6. The van der Waals surface area contributed by atoms with Gasteiger partial charge in [0.15, 0.2) is 0 Å². The van der Waals surface area contributed by atoms with E-state index in [1.807, 2.05) is 0 Å². The van der Waals surface area contributed by atoms with Gasteiger partial charge in [-0.1, -0.05) is 0 Å². The molecule has 1 atom stereocenters. The molecule has 0 saturated carbocycles. The van der Waals surface area contributed by atoms with Crippen LogP contribution in [0.25, 0.3) is 11.0 Å². The first-order valence-electron chi connectivity index (χ1n) is 5.33. The Balaban J connectivity index is 0.00000108. The fraction of sp³-hybridized carbons (Fsp3) is 0.500. The minimum absolute atomic E-state index is 0. The maximum atomic E-state index is 9.12. The van der Waals surface area contributed by atoms with Crippen LogP contribution < -0.4 is 10.00 Å². The molecule has 0 amide bonds. The maximum Gasteiger partial charge on any atom is 0.136 e. The molecule has 0 spiro atoms. The van der Waals surface area contributed by atoms with Gasteiger partial charge in [-0.25, -0.2) is 4.98 Å². The molecule has 1 radical (unpaired) electrons. The van der Waals surface area contributed by atoms with E-state index in [1.54, 1.807) is 6.20 Å². The van der Waals surface area contributed by atoms with Crippen molar-refractivity contribution in [1.29, 1.82) is 0 Å². The zero-order chi connectivity index (χ0) is 11.0. The van der Waals surface area contributed by atoms with Crippen molar-refractivity contribution in [2.24, 2.45) is 5.92 Å². The van der Waals surface area contributed by atoms with Gasteiger partial charge in [-0.3, -0.25) is 5.10 Å². The van der Waals surface area contributed by atoms with Gasteiger partial charge in [-0.05, 0) is 12.1 Å². The van der Waals surface area contributed by atoms with Crippen LogP contribution in [-0.2, 0) is 20.4 Å². The summed E-state index contributed by atoms with van der Waals surface area (Å²) in [5.41, 5.74) is 0.637. The molecule has 7 heteroatoms. The first-order valence-corrected chi connectivity index (χ1v) is 5.33. The van der Waals surface area contributed by atoms with Crippen LogP contribution in [0.15, 0.2) is 12.5 Å². The van der Waals surface area contributed by atoms with Crippen molar-refractivity contribution in [3.8, 4) is 0 Å². The topological polar surface area (TPSA) is 76.2 Å². The fourth-order valence-electron chi connectivity index (χ4n) is 2.14. The van der Waals surface area contributed by atoms with Gasteiger partial charge in [0.2, 0.25) is 0 Å². The Morgan fingerprint density at radius 1 is 1.47 bits per heavy atom. The zero-order valence-electron chi connectivity index (χ0n) is 9.12. The van der Waals surface area contributed by atoms with Crippen molar-refractivity contribution in [1.82, 2.24) is 20.2 Å². The van der Waals surface area contributed by atoms with E-state index in [9.17, 15) is 0 Å². The van der Waals surface area contributed by atoms with Crippen LogP contribution in [0, 0.1) is 5.92 Å². The Labute approximate surface area is 112 Å². The maximum absolute atomic E-state index is 9.12. The summed E-state index contributed by atoms with van der Waals surface area (Å²) in [5.74, 6) is 1.23. The predicted molar refractivity (Wildman–Crippen MR) is 58.1 cm³/mol. The molecule has 6 nitrogen and oxygen atoms in total. The summed E-state index contributed by atoms with van der Waals surface area (Å²) in [4.78, 5) is 10.5. The third-order valence-electron chi connectivity index (χ3n) is 3.02. The quantitative estimate of drug-likeness (QED) is 0.747. The van der Waals surface area contributed by atoms with Crippen LogP contribution in [0.2, 0.25) is 0 Å². The first-order chi connectivity index (χ1) is 7.88. The molecule has 1 saturated heterocycles. The average molecular weight is 404 g/mol. The number of hydrogen-bond donors (Lipinski definition) is 1. The van der Waals surface area contributed by atoms with Crippen molar-refractivity contribution < 1.29 is 25.5 Å². The summed E-state index contributed by atoms with van der Waals surface area (Å²) in [6.45, 7) is 2.00.